The number of alkyl halides is 2. The third-order valence-electron chi connectivity index (χ3n) is 11.1. The van der Waals surface area contributed by atoms with Crippen molar-refractivity contribution in [2.75, 3.05) is 0 Å². The first-order valence-corrected chi connectivity index (χ1v) is 13.5. The number of hydrogen-bond donors (Lipinski definition) is 1. The second kappa shape index (κ2) is 8.81. The van der Waals surface area contributed by atoms with Crippen molar-refractivity contribution in [2.24, 2.45) is 52.3 Å². The van der Waals surface area contributed by atoms with Crippen molar-refractivity contribution < 1.29 is 28.2 Å². The van der Waals surface area contributed by atoms with E-state index in [-0.39, 0.29) is 34.7 Å². The van der Waals surface area contributed by atoms with Crippen LogP contribution >= 0.6 is 0 Å². The number of ether oxygens (including phenoxy) is 1. The second-order valence-corrected chi connectivity index (χ2v) is 13.0. The normalized spacial score (nSPS) is 44.1. The van der Waals surface area contributed by atoms with E-state index in [4.69, 9.17) is 4.74 Å². The molecule has 4 rings (SSSR count). The third kappa shape index (κ3) is 3.94. The summed E-state index contributed by atoms with van der Waals surface area (Å²) in [6.07, 6.45) is 4.77. The average Bonchev–Trinajstić information content (AvgIpc) is 3.10. The van der Waals surface area contributed by atoms with Crippen LogP contribution < -0.4 is 0 Å². The van der Waals surface area contributed by atoms with E-state index in [1.54, 1.807) is 0 Å². The van der Waals surface area contributed by atoms with Crippen LogP contribution in [0.2, 0.25) is 0 Å². The molecule has 6 heteroatoms. The molecule has 4 aliphatic rings. The molecular formula is C28H44F2O4. The predicted molar refractivity (Wildman–Crippen MR) is 126 cm³/mol. The molecule has 0 bridgehead atoms. The minimum Gasteiger partial charge on any atom is -0.456 e. The number of carbonyl (C=O) groups is 2. The first kappa shape index (κ1) is 26.0. The maximum Gasteiger partial charge on any atom is 0.303 e. The number of aliphatic hydroxyl groups is 1. The zero-order valence-corrected chi connectivity index (χ0v) is 21.8. The van der Waals surface area contributed by atoms with Crippen molar-refractivity contribution >= 4 is 11.8 Å². The van der Waals surface area contributed by atoms with Crippen LogP contribution in [0.25, 0.3) is 0 Å². The molecule has 0 aromatic heterocycles. The average molecular weight is 483 g/mol. The van der Waals surface area contributed by atoms with Gasteiger partial charge in [0.15, 0.2) is 6.10 Å². The van der Waals surface area contributed by atoms with Gasteiger partial charge in [-0.2, -0.15) is 0 Å². The molecule has 0 radical (unpaired) electrons. The van der Waals surface area contributed by atoms with Gasteiger partial charge >= 0.3 is 5.97 Å². The van der Waals surface area contributed by atoms with E-state index in [0.29, 0.717) is 30.5 Å². The lowest BCUT2D eigenvalue weighted by Gasteiger charge is -2.60. The number of rotatable bonds is 5. The van der Waals surface area contributed by atoms with Gasteiger partial charge in [-0.1, -0.05) is 34.6 Å². The number of carbonyl (C=O) groups excluding carboxylic acids is 2. The summed E-state index contributed by atoms with van der Waals surface area (Å²) < 4.78 is 35.9. The summed E-state index contributed by atoms with van der Waals surface area (Å²) in [6, 6.07) is 0. The van der Waals surface area contributed by atoms with Gasteiger partial charge in [-0.3, -0.25) is 9.59 Å². The Morgan fingerprint density at radius 1 is 1.06 bits per heavy atom. The number of ketones is 1. The van der Waals surface area contributed by atoms with Crippen LogP contribution in [0.1, 0.15) is 92.9 Å². The van der Waals surface area contributed by atoms with Crippen molar-refractivity contribution in [2.45, 2.75) is 111 Å². The summed E-state index contributed by atoms with van der Waals surface area (Å²) in [5.41, 5.74) is -0.196. The molecule has 10 atom stereocenters. The summed E-state index contributed by atoms with van der Waals surface area (Å²) >= 11 is 0. The predicted octanol–water partition coefficient (Wildman–Crippen LogP) is 6.04. The Kier molecular flexibility index (Phi) is 6.75. The van der Waals surface area contributed by atoms with Gasteiger partial charge in [-0.05, 0) is 79.4 Å². The quantitative estimate of drug-likeness (QED) is 0.485. The SMILES string of the molecule is CC(=O)O[C@H]([C@@H](C)[C@H]1CC[C@H]2[C@@H]3CC(=O)[C@H]4C[C@H](O)CC[C@]4(C)[C@H]3CC[C@]12C)C(F)(F)C(C)C. The van der Waals surface area contributed by atoms with Crippen LogP contribution in [0.4, 0.5) is 8.78 Å². The van der Waals surface area contributed by atoms with E-state index in [0.717, 1.165) is 38.5 Å². The first-order chi connectivity index (χ1) is 15.7. The molecule has 0 aromatic carbocycles. The standard InChI is InChI=1S/C28H44F2O4/c1-15(2)28(29,30)25(34-17(4)31)16(3)20-7-8-21-19-14-24(33)23-13-18(32)9-11-27(23,6)22(19)10-12-26(20,21)5/h15-16,18-23,25,32H,7-14H2,1-6H3/t16-,18+,19-,20+,21-,22-,23+,25+,26+,27+/m0/s1. The molecule has 0 aliphatic heterocycles. The minimum absolute atomic E-state index is 0.0289. The Morgan fingerprint density at radius 3 is 2.29 bits per heavy atom. The van der Waals surface area contributed by atoms with E-state index in [9.17, 15) is 14.7 Å². The molecule has 4 fully saturated rings. The molecule has 1 N–H and O–H groups in total. The van der Waals surface area contributed by atoms with Crippen molar-refractivity contribution in [3.05, 3.63) is 0 Å². The first-order valence-electron chi connectivity index (χ1n) is 13.5. The smallest absolute Gasteiger partial charge is 0.303 e. The summed E-state index contributed by atoms with van der Waals surface area (Å²) in [5, 5.41) is 10.2. The van der Waals surface area contributed by atoms with E-state index < -0.39 is 29.8 Å². The van der Waals surface area contributed by atoms with Crippen LogP contribution in [0.3, 0.4) is 0 Å². The van der Waals surface area contributed by atoms with Gasteiger partial charge < -0.3 is 9.84 Å². The van der Waals surface area contributed by atoms with Crippen LogP contribution in [0.5, 0.6) is 0 Å². The maximum atomic E-state index is 15.3. The van der Waals surface area contributed by atoms with Crippen LogP contribution in [0.15, 0.2) is 0 Å². The fourth-order valence-corrected chi connectivity index (χ4v) is 9.18. The van der Waals surface area contributed by atoms with Crippen molar-refractivity contribution in [1.29, 1.82) is 0 Å². The van der Waals surface area contributed by atoms with E-state index >= 15 is 8.78 Å². The van der Waals surface area contributed by atoms with Gasteiger partial charge in [0.05, 0.1) is 6.10 Å². The molecule has 4 nitrogen and oxygen atoms in total. The number of halogens is 2. The molecule has 0 spiro atoms. The molecule has 0 aromatic rings. The van der Waals surface area contributed by atoms with Crippen molar-refractivity contribution in [3.63, 3.8) is 0 Å². The number of hydrogen-bond acceptors (Lipinski definition) is 4. The summed E-state index contributed by atoms with van der Waals surface area (Å²) in [4.78, 5) is 25.1. The summed E-state index contributed by atoms with van der Waals surface area (Å²) in [5.74, 6) is -3.77. The number of Topliss-reactive ketones (excluding diaryl/α,β-unsaturated/α-hetero) is 1. The Bertz CT molecular complexity index is 812. The lowest BCUT2D eigenvalue weighted by molar-refractivity contribution is -0.202. The zero-order chi connectivity index (χ0) is 25.2. The summed E-state index contributed by atoms with van der Waals surface area (Å²) in [6.45, 7) is 10.6. The van der Waals surface area contributed by atoms with E-state index in [1.165, 1.54) is 20.8 Å². The Balaban J connectivity index is 1.61. The monoisotopic (exact) mass is 482 g/mol. The lowest BCUT2D eigenvalue weighted by atomic mass is 9.44. The fraction of sp³-hybridized carbons (Fsp3) is 0.929. The molecule has 0 saturated heterocycles. The van der Waals surface area contributed by atoms with Gasteiger partial charge in [-0.25, -0.2) is 8.78 Å². The minimum atomic E-state index is -3.10. The van der Waals surface area contributed by atoms with Gasteiger partial charge in [0, 0.05) is 31.1 Å². The van der Waals surface area contributed by atoms with E-state index in [2.05, 4.69) is 13.8 Å². The molecule has 194 valence electrons. The number of esters is 1. The third-order valence-corrected chi connectivity index (χ3v) is 11.1. The zero-order valence-electron chi connectivity index (χ0n) is 21.8. The highest BCUT2D eigenvalue weighted by Gasteiger charge is 2.64. The van der Waals surface area contributed by atoms with Crippen LogP contribution in [-0.4, -0.2) is 35.0 Å². The molecule has 0 amide bonds. The summed E-state index contributed by atoms with van der Waals surface area (Å²) in [7, 11) is 0. The lowest BCUT2D eigenvalue weighted by Crippen LogP contribution is -2.57. The highest BCUT2D eigenvalue weighted by atomic mass is 19.3. The van der Waals surface area contributed by atoms with Crippen molar-refractivity contribution in [1.82, 2.24) is 0 Å². The van der Waals surface area contributed by atoms with Crippen LogP contribution in [0, 0.1) is 52.3 Å². The topological polar surface area (TPSA) is 63.6 Å². The van der Waals surface area contributed by atoms with Crippen LogP contribution in [-0.2, 0) is 14.3 Å². The Hall–Kier alpha value is -1.04. The van der Waals surface area contributed by atoms with Gasteiger partial charge in [-0.15, -0.1) is 0 Å². The number of aliphatic hydroxyl groups excluding tert-OH is 1. The number of fused-ring (bicyclic) bond motifs is 5. The largest absolute Gasteiger partial charge is 0.456 e. The Morgan fingerprint density at radius 2 is 1.68 bits per heavy atom. The van der Waals surface area contributed by atoms with Gasteiger partial charge in [0.2, 0.25) is 0 Å². The van der Waals surface area contributed by atoms with E-state index in [1.807, 2.05) is 6.92 Å². The molecule has 4 saturated carbocycles. The maximum absolute atomic E-state index is 15.3. The molecule has 0 heterocycles. The molecule has 34 heavy (non-hydrogen) atoms. The highest BCUT2D eigenvalue weighted by molar-refractivity contribution is 5.83. The Labute approximate surface area is 203 Å². The van der Waals surface area contributed by atoms with Gasteiger partial charge in [0.1, 0.15) is 5.78 Å². The molecular weight excluding hydrogens is 438 g/mol. The van der Waals surface area contributed by atoms with Gasteiger partial charge in [0.25, 0.3) is 5.92 Å². The highest BCUT2D eigenvalue weighted by Crippen LogP contribution is 2.68. The fourth-order valence-electron chi connectivity index (χ4n) is 9.18. The second-order valence-electron chi connectivity index (χ2n) is 13.0. The van der Waals surface area contributed by atoms with Crippen molar-refractivity contribution in [3.8, 4) is 0 Å². The molecule has 4 aliphatic carbocycles. The molecule has 0 unspecified atom stereocenters.